The van der Waals surface area contributed by atoms with E-state index in [0.717, 1.165) is 0 Å². The third-order valence-electron chi connectivity index (χ3n) is 3.43. The Bertz CT molecular complexity index is 198. The lowest BCUT2D eigenvalue weighted by Crippen LogP contribution is -2.44. The Morgan fingerprint density at radius 1 is 1.08 bits per heavy atom. The molecule has 0 aromatic heterocycles. The molecule has 0 unspecified atom stereocenters. The second-order valence-electron chi connectivity index (χ2n) is 4.97. The molecular weight excluding hydrogens is 162 g/mol. The Hall–Kier alpha value is -0.730. The first-order valence-corrected chi connectivity index (χ1v) is 4.72. The normalized spacial score (nSPS) is 13.2. The molecule has 0 amide bonds. The molecule has 3 nitrogen and oxygen atoms in total. The average Bonchev–Trinajstić information content (AvgIpc) is 1.83. The largest absolute Gasteiger partial charge is 0.370 e. The van der Waals surface area contributed by atoms with Gasteiger partial charge in [-0.3, -0.25) is 0 Å². The molecule has 0 saturated heterocycles. The Labute approximate surface area is 81.6 Å². The van der Waals surface area contributed by atoms with E-state index in [1.54, 1.807) is 0 Å². The van der Waals surface area contributed by atoms with E-state index in [2.05, 4.69) is 46.5 Å². The third-order valence-corrected chi connectivity index (χ3v) is 3.43. The molecule has 0 saturated carbocycles. The first-order chi connectivity index (χ1) is 5.61. The Kier molecular flexibility index (Phi) is 3.36. The van der Waals surface area contributed by atoms with Crippen LogP contribution in [0.2, 0.25) is 0 Å². The number of aliphatic imine (C=N–C) groups is 1. The van der Waals surface area contributed by atoms with Crippen molar-refractivity contribution in [1.82, 2.24) is 0 Å². The Morgan fingerprint density at radius 3 is 1.69 bits per heavy atom. The van der Waals surface area contributed by atoms with Crippen molar-refractivity contribution in [3.05, 3.63) is 0 Å². The number of rotatable bonds is 3. The van der Waals surface area contributed by atoms with E-state index in [4.69, 9.17) is 11.5 Å². The summed E-state index contributed by atoms with van der Waals surface area (Å²) < 4.78 is 0. The van der Waals surface area contributed by atoms with E-state index in [1.165, 1.54) is 0 Å². The van der Waals surface area contributed by atoms with Gasteiger partial charge in [0.2, 0.25) is 0 Å². The van der Waals surface area contributed by atoms with E-state index >= 15 is 0 Å². The van der Waals surface area contributed by atoms with Crippen molar-refractivity contribution in [3.8, 4) is 0 Å². The highest BCUT2D eigenvalue weighted by Crippen LogP contribution is 2.40. The van der Waals surface area contributed by atoms with Gasteiger partial charge in [-0.1, -0.05) is 27.7 Å². The number of nitrogens with two attached hydrogens (primary N) is 2. The van der Waals surface area contributed by atoms with Crippen molar-refractivity contribution in [2.24, 2.45) is 27.8 Å². The smallest absolute Gasteiger partial charge is 0.186 e. The van der Waals surface area contributed by atoms with Crippen LogP contribution >= 0.6 is 0 Å². The SMILES string of the molecule is CC(C)C(C)(C)C(C)(C)N=C(N)N. The Balaban J connectivity index is 4.92. The van der Waals surface area contributed by atoms with E-state index in [-0.39, 0.29) is 16.9 Å². The number of nitrogens with zero attached hydrogens (tertiary/aromatic N) is 1. The molecule has 4 N–H and O–H groups in total. The van der Waals surface area contributed by atoms with E-state index < -0.39 is 0 Å². The van der Waals surface area contributed by atoms with Crippen LogP contribution in [0.3, 0.4) is 0 Å². The van der Waals surface area contributed by atoms with Crippen LogP contribution in [0.15, 0.2) is 4.99 Å². The van der Waals surface area contributed by atoms with Gasteiger partial charge in [0.25, 0.3) is 0 Å². The summed E-state index contributed by atoms with van der Waals surface area (Å²) in [5.74, 6) is 0.698. The van der Waals surface area contributed by atoms with Gasteiger partial charge >= 0.3 is 0 Å². The zero-order valence-electron chi connectivity index (χ0n) is 9.68. The van der Waals surface area contributed by atoms with E-state index in [9.17, 15) is 0 Å². The summed E-state index contributed by atoms with van der Waals surface area (Å²) in [5, 5.41) is 0. The van der Waals surface area contributed by atoms with Gasteiger partial charge in [0.05, 0.1) is 5.54 Å². The monoisotopic (exact) mass is 185 g/mol. The predicted octanol–water partition coefficient (Wildman–Crippen LogP) is 1.72. The lowest BCUT2D eigenvalue weighted by molar-refractivity contribution is 0.133. The molecule has 0 bridgehead atoms. The van der Waals surface area contributed by atoms with Crippen LogP contribution in [0.5, 0.6) is 0 Å². The van der Waals surface area contributed by atoms with Gasteiger partial charge in [-0.2, -0.15) is 0 Å². The molecule has 0 aliphatic heterocycles. The van der Waals surface area contributed by atoms with Crippen LogP contribution in [-0.4, -0.2) is 11.5 Å². The second-order valence-corrected chi connectivity index (χ2v) is 4.97. The van der Waals surface area contributed by atoms with Crippen molar-refractivity contribution < 1.29 is 0 Å². The molecule has 0 atom stereocenters. The minimum absolute atomic E-state index is 0.0803. The minimum Gasteiger partial charge on any atom is -0.370 e. The molecule has 0 aliphatic rings. The zero-order chi connectivity index (χ0) is 10.9. The van der Waals surface area contributed by atoms with Gasteiger partial charge in [0.15, 0.2) is 5.96 Å². The van der Waals surface area contributed by atoms with Gasteiger partial charge < -0.3 is 11.5 Å². The lowest BCUT2D eigenvalue weighted by atomic mass is 9.67. The molecular formula is C10H23N3. The quantitative estimate of drug-likeness (QED) is 0.519. The van der Waals surface area contributed by atoms with Gasteiger partial charge in [-0.05, 0) is 25.2 Å². The first-order valence-electron chi connectivity index (χ1n) is 4.72. The maximum absolute atomic E-state index is 5.40. The average molecular weight is 185 g/mol. The van der Waals surface area contributed by atoms with Crippen molar-refractivity contribution in [1.29, 1.82) is 0 Å². The van der Waals surface area contributed by atoms with Gasteiger partial charge in [0.1, 0.15) is 0 Å². The van der Waals surface area contributed by atoms with Gasteiger partial charge in [0, 0.05) is 0 Å². The third kappa shape index (κ3) is 2.61. The van der Waals surface area contributed by atoms with Crippen LogP contribution in [0, 0.1) is 11.3 Å². The van der Waals surface area contributed by atoms with Crippen molar-refractivity contribution in [2.45, 2.75) is 47.1 Å². The summed E-state index contributed by atoms with van der Waals surface area (Å²) >= 11 is 0. The summed E-state index contributed by atoms with van der Waals surface area (Å²) in [4.78, 5) is 4.27. The first kappa shape index (κ1) is 12.3. The Morgan fingerprint density at radius 2 is 1.46 bits per heavy atom. The number of hydrogen-bond acceptors (Lipinski definition) is 1. The van der Waals surface area contributed by atoms with Crippen LogP contribution in [0.25, 0.3) is 0 Å². The van der Waals surface area contributed by atoms with Crippen LogP contribution in [0.4, 0.5) is 0 Å². The molecule has 0 aromatic carbocycles. The molecule has 13 heavy (non-hydrogen) atoms. The topological polar surface area (TPSA) is 64.4 Å². The maximum atomic E-state index is 5.40. The summed E-state index contributed by atoms with van der Waals surface area (Å²) in [6, 6.07) is 0. The maximum Gasteiger partial charge on any atom is 0.186 e. The van der Waals surface area contributed by atoms with Crippen LogP contribution in [0.1, 0.15) is 41.5 Å². The van der Waals surface area contributed by atoms with Gasteiger partial charge in [-0.15, -0.1) is 0 Å². The van der Waals surface area contributed by atoms with E-state index in [0.29, 0.717) is 5.92 Å². The molecule has 78 valence electrons. The standard InChI is InChI=1S/C10H23N3/c1-7(2)9(3,4)10(5,6)13-8(11)12/h7H,1-6H3,(H4,11,12,13). The molecule has 0 radical (unpaired) electrons. The number of hydrogen-bond donors (Lipinski definition) is 2. The fraction of sp³-hybridized carbons (Fsp3) is 0.900. The summed E-state index contributed by atoms with van der Waals surface area (Å²) in [7, 11) is 0. The predicted molar refractivity (Wildman–Crippen MR) is 58.5 cm³/mol. The summed E-state index contributed by atoms with van der Waals surface area (Å²) in [6.45, 7) is 12.9. The molecule has 0 rings (SSSR count). The molecule has 0 spiro atoms. The molecule has 0 aliphatic carbocycles. The van der Waals surface area contributed by atoms with Crippen LogP contribution in [-0.2, 0) is 0 Å². The molecule has 0 fully saturated rings. The van der Waals surface area contributed by atoms with Crippen LogP contribution < -0.4 is 11.5 Å². The lowest BCUT2D eigenvalue weighted by Gasteiger charge is -2.42. The van der Waals surface area contributed by atoms with E-state index in [1.807, 2.05) is 0 Å². The highest BCUT2D eigenvalue weighted by molar-refractivity contribution is 5.76. The molecule has 3 heteroatoms. The van der Waals surface area contributed by atoms with Crippen molar-refractivity contribution in [3.63, 3.8) is 0 Å². The highest BCUT2D eigenvalue weighted by Gasteiger charge is 2.39. The van der Waals surface area contributed by atoms with Gasteiger partial charge in [-0.25, -0.2) is 4.99 Å². The number of guanidine groups is 1. The molecule has 0 heterocycles. The zero-order valence-corrected chi connectivity index (χ0v) is 9.68. The highest BCUT2D eigenvalue weighted by atomic mass is 15.0. The molecule has 0 aromatic rings. The fourth-order valence-electron chi connectivity index (χ4n) is 1.17. The summed E-state index contributed by atoms with van der Waals surface area (Å²) in [5.41, 5.74) is 10.7. The van der Waals surface area contributed by atoms with Crippen molar-refractivity contribution >= 4 is 5.96 Å². The summed E-state index contributed by atoms with van der Waals surface area (Å²) in [6.07, 6.45) is 0. The second kappa shape index (κ2) is 3.56. The van der Waals surface area contributed by atoms with Crippen molar-refractivity contribution in [2.75, 3.05) is 0 Å². The minimum atomic E-state index is -0.222. The fourth-order valence-corrected chi connectivity index (χ4v) is 1.17.